The molecule has 1 aromatic heterocycles. The summed E-state index contributed by atoms with van der Waals surface area (Å²) in [6.07, 6.45) is 0. The van der Waals surface area contributed by atoms with Crippen LogP contribution in [0.3, 0.4) is 0 Å². The van der Waals surface area contributed by atoms with Crippen LogP contribution in [0.5, 0.6) is 11.5 Å². The first kappa shape index (κ1) is 28.4. The molecule has 38 heavy (non-hydrogen) atoms. The highest BCUT2D eigenvalue weighted by atomic mass is 32.3. The van der Waals surface area contributed by atoms with Gasteiger partial charge >= 0.3 is 15.6 Å². The summed E-state index contributed by atoms with van der Waals surface area (Å²) in [5.74, 6) is 0.912. The molecule has 0 unspecified atom stereocenters. The number of rotatable bonds is 9. The molecule has 0 fully saturated rings. The van der Waals surface area contributed by atoms with Gasteiger partial charge in [0.2, 0.25) is 0 Å². The second-order valence-electron chi connectivity index (χ2n) is 7.86. The van der Waals surface area contributed by atoms with Crippen LogP contribution in [0.15, 0.2) is 108 Å². The van der Waals surface area contributed by atoms with Crippen molar-refractivity contribution in [3.63, 3.8) is 0 Å². The molecule has 0 amide bonds. The molecule has 0 bridgehead atoms. The zero-order chi connectivity index (χ0) is 27.6. The number of aryl methyl sites for hydroxylation is 1. The highest BCUT2D eigenvalue weighted by Gasteiger charge is 2.53. The third-order valence-corrected chi connectivity index (χ3v) is 13.0. The molecule has 0 spiro atoms. The number of ether oxygens (including phenoxy) is 2. The van der Waals surface area contributed by atoms with Crippen LogP contribution in [0.2, 0.25) is 0 Å². The van der Waals surface area contributed by atoms with E-state index >= 15 is 0 Å². The molecule has 3 aromatic carbocycles. The molecule has 0 N–H and O–H groups in total. The molecule has 1 heterocycles. The normalized spacial score (nSPS) is 12.8. The van der Waals surface area contributed by atoms with E-state index in [2.05, 4.69) is 0 Å². The summed E-state index contributed by atoms with van der Waals surface area (Å²) in [6, 6.07) is 23.5. The fourth-order valence-corrected chi connectivity index (χ4v) is 11.3. The van der Waals surface area contributed by atoms with Gasteiger partial charge in [-0.25, -0.2) is 0 Å². The van der Waals surface area contributed by atoms with Crippen LogP contribution >= 0.6 is 33.4 Å². The average Bonchev–Trinajstić information content (AvgIpc) is 3.37. The van der Waals surface area contributed by atoms with E-state index in [9.17, 15) is 21.6 Å². The summed E-state index contributed by atoms with van der Waals surface area (Å²) in [4.78, 5) is 1.44. The SMILES string of the molecule is COc1ccc(S(OS(=O)(=O)C(F)(F)F)(c2ccc(OC)cc2)c2ccc(Sc3ccc(C)cc3)s2)cc1. The Bertz CT molecular complexity index is 1430. The maximum Gasteiger partial charge on any atom is 0.524 e. The highest BCUT2D eigenvalue weighted by Crippen LogP contribution is 2.72. The van der Waals surface area contributed by atoms with Crippen LogP contribution in [0, 0.1) is 6.92 Å². The van der Waals surface area contributed by atoms with Gasteiger partial charge in [0, 0.05) is 14.7 Å². The zero-order valence-corrected chi connectivity index (χ0v) is 23.7. The van der Waals surface area contributed by atoms with Crippen LogP contribution in [0.1, 0.15) is 5.56 Å². The lowest BCUT2D eigenvalue weighted by Gasteiger charge is -2.38. The number of methoxy groups -OCH3 is 2. The molecule has 0 aliphatic rings. The molecule has 12 heteroatoms. The molecule has 0 aliphatic heterocycles. The van der Waals surface area contributed by atoms with Crippen molar-refractivity contribution in [3.05, 3.63) is 90.5 Å². The maximum atomic E-state index is 13.7. The van der Waals surface area contributed by atoms with Crippen LogP contribution in [-0.4, -0.2) is 28.1 Å². The summed E-state index contributed by atoms with van der Waals surface area (Å²) in [5, 5.41) is 0. The third-order valence-electron chi connectivity index (χ3n) is 5.34. The van der Waals surface area contributed by atoms with Gasteiger partial charge in [-0.1, -0.05) is 29.5 Å². The fraction of sp³-hybridized carbons (Fsp3) is 0.154. The van der Waals surface area contributed by atoms with E-state index in [1.165, 1.54) is 61.6 Å². The molecule has 0 atom stereocenters. The number of benzene rings is 3. The number of hydrogen-bond acceptors (Lipinski definition) is 7. The van der Waals surface area contributed by atoms with Gasteiger partial charge in [0.15, 0.2) is 0 Å². The molecule has 0 saturated carbocycles. The van der Waals surface area contributed by atoms with Gasteiger partial charge in [0.1, 0.15) is 11.5 Å². The minimum atomic E-state index is -6.01. The van der Waals surface area contributed by atoms with E-state index < -0.39 is 25.9 Å². The molecule has 0 saturated heterocycles. The van der Waals surface area contributed by atoms with Crippen molar-refractivity contribution in [2.24, 2.45) is 0 Å². The fourth-order valence-electron chi connectivity index (χ4n) is 3.42. The van der Waals surface area contributed by atoms with E-state index in [1.807, 2.05) is 31.2 Å². The van der Waals surface area contributed by atoms with Crippen LogP contribution in [0.25, 0.3) is 0 Å². The van der Waals surface area contributed by atoms with Crippen molar-refractivity contribution in [2.45, 2.75) is 35.5 Å². The monoisotopic (exact) mass is 600 g/mol. The Morgan fingerprint density at radius 1 is 0.737 bits per heavy atom. The highest BCUT2D eigenvalue weighted by molar-refractivity contribution is 8.34. The third kappa shape index (κ3) is 5.84. The van der Waals surface area contributed by atoms with Crippen molar-refractivity contribution < 1.29 is 34.7 Å². The molecule has 0 radical (unpaired) electrons. The van der Waals surface area contributed by atoms with Gasteiger partial charge in [0.05, 0.1) is 22.6 Å². The van der Waals surface area contributed by atoms with Gasteiger partial charge in [-0.3, -0.25) is 0 Å². The van der Waals surface area contributed by atoms with Crippen LogP contribution in [0.4, 0.5) is 13.2 Å². The standard InChI is InChI=1S/C26H23F3O5S4/c1-18-4-10-21(11-5-18)35-24-16-17-25(36-24)37(34-38(30,31)26(27,28)29,22-12-6-19(32-2)7-13-22)23-14-8-20(33-3)9-15-23/h4-17H,1-3H3. The summed E-state index contributed by atoms with van der Waals surface area (Å²) in [6.45, 7) is 1.97. The Balaban J connectivity index is 1.94. The van der Waals surface area contributed by atoms with E-state index in [4.69, 9.17) is 13.1 Å². The topological polar surface area (TPSA) is 61.8 Å². The Labute approximate surface area is 229 Å². The molecule has 4 aromatic rings. The number of alkyl halides is 3. The second-order valence-corrected chi connectivity index (χ2v) is 15.0. The van der Waals surface area contributed by atoms with Crippen molar-refractivity contribution in [1.82, 2.24) is 0 Å². The average molecular weight is 601 g/mol. The molecular formula is C26H23F3O5S4. The quantitative estimate of drug-likeness (QED) is 0.180. The first-order valence-electron chi connectivity index (χ1n) is 11.0. The largest absolute Gasteiger partial charge is 0.524 e. The predicted molar refractivity (Wildman–Crippen MR) is 144 cm³/mol. The van der Waals surface area contributed by atoms with Crippen molar-refractivity contribution in [3.8, 4) is 11.5 Å². The molecule has 5 nitrogen and oxygen atoms in total. The molecule has 4 rings (SSSR count). The van der Waals surface area contributed by atoms with Crippen LogP contribution in [-0.2, 0) is 13.7 Å². The minimum absolute atomic E-state index is 0.255. The lowest BCUT2D eigenvalue weighted by atomic mass is 10.2. The van der Waals surface area contributed by atoms with Crippen molar-refractivity contribution >= 4 is 43.5 Å². The summed E-state index contributed by atoms with van der Waals surface area (Å²) < 4.78 is 83.2. The first-order chi connectivity index (χ1) is 18.0. The maximum absolute atomic E-state index is 13.7. The summed E-state index contributed by atoms with van der Waals surface area (Å²) >= 11 is 2.60. The number of halogens is 3. The van der Waals surface area contributed by atoms with E-state index in [0.29, 0.717) is 15.7 Å². The van der Waals surface area contributed by atoms with Crippen molar-refractivity contribution in [2.75, 3.05) is 14.2 Å². The van der Waals surface area contributed by atoms with Gasteiger partial charge in [-0.05, 0) is 90.0 Å². The Morgan fingerprint density at radius 3 is 1.68 bits per heavy atom. The van der Waals surface area contributed by atoms with Gasteiger partial charge < -0.3 is 9.47 Å². The summed E-state index contributed by atoms with van der Waals surface area (Å²) in [7, 11) is -6.52. The van der Waals surface area contributed by atoms with E-state index in [-0.39, 0.29) is 9.79 Å². The summed E-state index contributed by atoms with van der Waals surface area (Å²) in [5.41, 5.74) is -4.53. The number of hydrogen-bond donors (Lipinski definition) is 0. The smallest absolute Gasteiger partial charge is 0.497 e. The van der Waals surface area contributed by atoms with Crippen molar-refractivity contribution in [1.29, 1.82) is 0 Å². The van der Waals surface area contributed by atoms with Gasteiger partial charge in [0.25, 0.3) is 0 Å². The molecule has 0 aliphatic carbocycles. The molecule has 202 valence electrons. The Kier molecular flexibility index (Phi) is 8.38. The lowest BCUT2D eigenvalue weighted by molar-refractivity contribution is -0.0496. The predicted octanol–water partition coefficient (Wildman–Crippen LogP) is 8.29. The number of thiophene rings is 1. The Morgan fingerprint density at radius 2 is 1.24 bits per heavy atom. The minimum Gasteiger partial charge on any atom is -0.497 e. The van der Waals surface area contributed by atoms with Gasteiger partial charge in [-0.15, -0.1) is 11.3 Å². The molecular weight excluding hydrogens is 578 g/mol. The lowest BCUT2D eigenvalue weighted by Crippen LogP contribution is -2.27. The second kappa shape index (κ2) is 11.2. The van der Waals surface area contributed by atoms with E-state index in [1.54, 1.807) is 36.4 Å². The zero-order valence-electron chi connectivity index (χ0n) is 20.4. The van der Waals surface area contributed by atoms with E-state index in [0.717, 1.165) is 14.7 Å². The van der Waals surface area contributed by atoms with Crippen LogP contribution < -0.4 is 9.47 Å². The first-order valence-corrected chi connectivity index (χ1v) is 15.6. The Hall–Kier alpha value is -2.64. The van der Waals surface area contributed by atoms with Gasteiger partial charge in [-0.2, -0.15) is 25.2 Å².